The van der Waals surface area contributed by atoms with Crippen molar-refractivity contribution in [3.63, 3.8) is 0 Å². The van der Waals surface area contributed by atoms with E-state index in [9.17, 15) is 5.11 Å². The Morgan fingerprint density at radius 1 is 1.03 bits per heavy atom. The number of aliphatic hydroxyl groups is 1. The van der Waals surface area contributed by atoms with E-state index >= 15 is 0 Å². The van der Waals surface area contributed by atoms with Crippen LogP contribution in [0.25, 0.3) is 11.0 Å². The van der Waals surface area contributed by atoms with Crippen molar-refractivity contribution in [3.8, 4) is 0 Å². The number of piperazine rings is 1. The summed E-state index contributed by atoms with van der Waals surface area (Å²) in [5.41, 5.74) is 3.15. The Bertz CT molecular complexity index is 955. The van der Waals surface area contributed by atoms with Crippen LogP contribution in [-0.2, 0) is 0 Å². The van der Waals surface area contributed by atoms with E-state index in [-0.39, 0.29) is 6.23 Å². The lowest BCUT2D eigenvalue weighted by Gasteiger charge is -2.37. The molecule has 2 aromatic heterocycles. The van der Waals surface area contributed by atoms with Crippen LogP contribution >= 0.6 is 0 Å². The van der Waals surface area contributed by atoms with Crippen molar-refractivity contribution in [2.75, 3.05) is 36.4 Å². The van der Waals surface area contributed by atoms with Crippen LogP contribution in [0.1, 0.15) is 39.7 Å². The highest BCUT2D eigenvalue weighted by Gasteiger charge is 2.19. The van der Waals surface area contributed by atoms with E-state index in [1.54, 1.807) is 0 Å². The summed E-state index contributed by atoms with van der Waals surface area (Å²) in [5, 5.41) is 14.1. The van der Waals surface area contributed by atoms with Gasteiger partial charge in [-0.1, -0.05) is 13.8 Å². The summed E-state index contributed by atoms with van der Waals surface area (Å²) in [6.07, 6.45) is 5.80. The molecule has 0 spiro atoms. The molecule has 0 radical (unpaired) electrons. The number of anilines is 3. The molecule has 3 heterocycles. The fraction of sp³-hybridized carbons (Fsp3) is 0.478. The van der Waals surface area contributed by atoms with Gasteiger partial charge in [-0.3, -0.25) is 4.90 Å². The standard InChI is InChI=1S/C23H32N6O/c1-4-20(5-2)29-11-10-18-16-24-23(26-22(18)29)25-19-6-8-21(9-7-19)28-14-12-27(13-15-28)17(3)30/h6-11,16-17,20,30H,4-5,12-15H2,1-3H3,(H,24,25,26). The number of aliphatic hydroxyl groups excluding tert-OH is 1. The Hall–Kier alpha value is -2.64. The van der Waals surface area contributed by atoms with E-state index in [4.69, 9.17) is 4.98 Å². The van der Waals surface area contributed by atoms with E-state index < -0.39 is 0 Å². The van der Waals surface area contributed by atoms with E-state index in [1.165, 1.54) is 5.69 Å². The topological polar surface area (TPSA) is 69.5 Å². The maximum absolute atomic E-state index is 9.72. The highest BCUT2D eigenvalue weighted by Crippen LogP contribution is 2.25. The number of aromatic nitrogens is 3. The molecule has 7 nitrogen and oxygen atoms in total. The zero-order valence-corrected chi connectivity index (χ0v) is 18.1. The van der Waals surface area contributed by atoms with Crippen LogP contribution < -0.4 is 10.2 Å². The first-order valence-electron chi connectivity index (χ1n) is 11.0. The van der Waals surface area contributed by atoms with Crippen molar-refractivity contribution < 1.29 is 5.11 Å². The van der Waals surface area contributed by atoms with E-state index in [1.807, 2.05) is 13.1 Å². The minimum atomic E-state index is -0.373. The molecular weight excluding hydrogens is 376 g/mol. The number of nitrogens with one attached hydrogen (secondary N) is 1. The number of nitrogens with zero attached hydrogens (tertiary/aromatic N) is 5. The van der Waals surface area contributed by atoms with Crippen molar-refractivity contribution in [2.24, 2.45) is 0 Å². The number of rotatable bonds is 7. The fourth-order valence-electron chi connectivity index (χ4n) is 4.21. The van der Waals surface area contributed by atoms with E-state index in [0.29, 0.717) is 12.0 Å². The third-order valence-electron chi connectivity index (χ3n) is 6.12. The van der Waals surface area contributed by atoms with Gasteiger partial charge in [0.15, 0.2) is 0 Å². The maximum Gasteiger partial charge on any atom is 0.229 e. The molecule has 0 aliphatic carbocycles. The Morgan fingerprint density at radius 3 is 2.37 bits per heavy atom. The Kier molecular flexibility index (Phi) is 6.20. The van der Waals surface area contributed by atoms with Gasteiger partial charge in [-0.25, -0.2) is 4.98 Å². The summed E-state index contributed by atoms with van der Waals surface area (Å²) in [6.45, 7) is 9.85. The molecule has 1 atom stereocenters. The molecule has 4 rings (SSSR count). The Balaban J connectivity index is 1.46. The molecule has 30 heavy (non-hydrogen) atoms. The second kappa shape index (κ2) is 9.02. The van der Waals surface area contributed by atoms with Gasteiger partial charge >= 0.3 is 0 Å². The zero-order chi connectivity index (χ0) is 21.1. The quantitative estimate of drug-likeness (QED) is 0.616. The van der Waals surface area contributed by atoms with Crippen LogP contribution in [0.4, 0.5) is 17.3 Å². The molecule has 0 saturated carbocycles. The van der Waals surface area contributed by atoms with Crippen LogP contribution in [0.2, 0.25) is 0 Å². The van der Waals surface area contributed by atoms with Gasteiger partial charge in [-0.05, 0) is 50.1 Å². The molecule has 1 aromatic carbocycles. The van der Waals surface area contributed by atoms with Crippen LogP contribution in [-0.4, -0.2) is 56.9 Å². The van der Waals surface area contributed by atoms with Crippen LogP contribution in [0.3, 0.4) is 0 Å². The van der Waals surface area contributed by atoms with E-state index in [2.05, 4.69) is 75.0 Å². The molecule has 1 unspecified atom stereocenters. The average molecular weight is 409 g/mol. The predicted molar refractivity (Wildman–Crippen MR) is 122 cm³/mol. The first-order chi connectivity index (χ1) is 14.6. The first-order valence-corrected chi connectivity index (χ1v) is 11.0. The van der Waals surface area contributed by atoms with Crippen molar-refractivity contribution in [2.45, 2.75) is 45.9 Å². The molecular formula is C23H32N6O. The third kappa shape index (κ3) is 4.27. The molecule has 2 N–H and O–H groups in total. The van der Waals surface area contributed by atoms with Crippen molar-refractivity contribution in [3.05, 3.63) is 42.7 Å². The summed E-state index contributed by atoms with van der Waals surface area (Å²) in [7, 11) is 0. The third-order valence-corrected chi connectivity index (χ3v) is 6.12. The lowest BCUT2D eigenvalue weighted by atomic mass is 10.2. The van der Waals surface area contributed by atoms with Crippen molar-refractivity contribution in [1.29, 1.82) is 0 Å². The average Bonchev–Trinajstić information content (AvgIpc) is 3.18. The van der Waals surface area contributed by atoms with Gasteiger partial charge in [0, 0.05) is 61.4 Å². The molecule has 0 amide bonds. The molecule has 1 aliphatic rings. The largest absolute Gasteiger partial charge is 0.379 e. The lowest BCUT2D eigenvalue weighted by Crippen LogP contribution is -2.49. The van der Waals surface area contributed by atoms with Crippen LogP contribution in [0.15, 0.2) is 42.7 Å². The summed E-state index contributed by atoms with van der Waals surface area (Å²) in [6, 6.07) is 11.0. The molecule has 1 aliphatic heterocycles. The minimum absolute atomic E-state index is 0.373. The molecule has 7 heteroatoms. The summed E-state index contributed by atoms with van der Waals surface area (Å²) < 4.78 is 2.26. The predicted octanol–water partition coefficient (Wildman–Crippen LogP) is 4.00. The smallest absolute Gasteiger partial charge is 0.229 e. The normalized spacial score (nSPS) is 16.4. The second-order valence-electron chi connectivity index (χ2n) is 7.99. The van der Waals surface area contributed by atoms with Crippen molar-refractivity contribution >= 4 is 28.4 Å². The van der Waals surface area contributed by atoms with E-state index in [0.717, 1.165) is 55.7 Å². The van der Waals surface area contributed by atoms with Crippen molar-refractivity contribution in [1.82, 2.24) is 19.4 Å². The number of hydrogen-bond acceptors (Lipinski definition) is 6. The minimum Gasteiger partial charge on any atom is -0.379 e. The number of fused-ring (bicyclic) bond motifs is 1. The van der Waals surface area contributed by atoms with Gasteiger partial charge < -0.3 is 19.9 Å². The molecule has 1 fully saturated rings. The second-order valence-corrected chi connectivity index (χ2v) is 7.99. The molecule has 3 aromatic rings. The zero-order valence-electron chi connectivity index (χ0n) is 18.1. The van der Waals surface area contributed by atoms with Gasteiger partial charge in [0.25, 0.3) is 0 Å². The van der Waals surface area contributed by atoms with Gasteiger partial charge in [0.1, 0.15) is 11.9 Å². The lowest BCUT2D eigenvalue weighted by molar-refractivity contribution is 0.0153. The Morgan fingerprint density at radius 2 is 1.73 bits per heavy atom. The summed E-state index contributed by atoms with van der Waals surface area (Å²) >= 11 is 0. The number of benzene rings is 1. The van der Waals surface area contributed by atoms with Gasteiger partial charge in [0.2, 0.25) is 5.95 Å². The van der Waals surface area contributed by atoms with Gasteiger partial charge in [-0.15, -0.1) is 0 Å². The summed E-state index contributed by atoms with van der Waals surface area (Å²) in [5.74, 6) is 0.617. The van der Waals surface area contributed by atoms with Gasteiger partial charge in [0.05, 0.1) is 0 Å². The van der Waals surface area contributed by atoms with Crippen LogP contribution in [0.5, 0.6) is 0 Å². The highest BCUT2D eigenvalue weighted by atomic mass is 16.3. The molecule has 160 valence electrons. The monoisotopic (exact) mass is 408 g/mol. The van der Waals surface area contributed by atoms with Gasteiger partial charge in [-0.2, -0.15) is 4.98 Å². The first kappa shape index (κ1) is 20.6. The molecule has 0 bridgehead atoms. The number of hydrogen-bond donors (Lipinski definition) is 2. The fourth-order valence-corrected chi connectivity index (χ4v) is 4.21. The Labute approximate surface area is 178 Å². The molecule has 1 saturated heterocycles. The maximum atomic E-state index is 9.72. The SMILES string of the molecule is CCC(CC)n1ccc2cnc(Nc3ccc(N4CCN(C(C)O)CC4)cc3)nc21. The van der Waals surface area contributed by atoms with Crippen LogP contribution in [0, 0.1) is 0 Å². The highest BCUT2D eigenvalue weighted by molar-refractivity contribution is 5.77. The summed E-state index contributed by atoms with van der Waals surface area (Å²) in [4.78, 5) is 13.7.